The van der Waals surface area contributed by atoms with E-state index in [0.717, 1.165) is 10.3 Å². The summed E-state index contributed by atoms with van der Waals surface area (Å²) in [6.45, 7) is 0. The average molecular weight is 327 g/mol. The molecule has 0 amide bonds. The first-order valence-corrected chi connectivity index (χ1v) is 5.70. The van der Waals surface area contributed by atoms with Crippen molar-refractivity contribution in [2.45, 2.75) is 0 Å². The lowest BCUT2D eigenvalue weighted by Crippen LogP contribution is -1.92. The predicted molar refractivity (Wildman–Crippen MR) is 63.7 cm³/mol. The Morgan fingerprint density at radius 2 is 2.13 bits per heavy atom. The molecule has 0 aliphatic rings. The molecule has 2 rings (SSSR count). The van der Waals surface area contributed by atoms with E-state index in [0.29, 0.717) is 10.3 Å². The van der Waals surface area contributed by atoms with Crippen molar-refractivity contribution in [3.63, 3.8) is 0 Å². The molecule has 3 nitrogen and oxygen atoms in total. The van der Waals surface area contributed by atoms with Gasteiger partial charge in [0.25, 0.3) is 0 Å². The van der Waals surface area contributed by atoms with Crippen molar-refractivity contribution in [3.05, 3.63) is 45.4 Å². The molecule has 0 radical (unpaired) electrons. The molecule has 0 unspecified atom stereocenters. The van der Waals surface area contributed by atoms with E-state index < -0.39 is 0 Å². The number of nitrogens with zero attached hydrogens (tertiary/aromatic N) is 3. The number of rotatable bonds is 1. The van der Waals surface area contributed by atoms with Gasteiger partial charge >= 0.3 is 0 Å². The van der Waals surface area contributed by atoms with Gasteiger partial charge in [0.2, 0.25) is 0 Å². The Bertz CT molecular complexity index is 540. The van der Waals surface area contributed by atoms with Gasteiger partial charge in [-0.25, -0.2) is 4.98 Å². The van der Waals surface area contributed by atoms with Crippen molar-refractivity contribution < 1.29 is 0 Å². The average Bonchev–Trinajstić information content (AvgIpc) is 2.58. The lowest BCUT2D eigenvalue weighted by atomic mass is 10.2. The van der Waals surface area contributed by atoms with Crippen LogP contribution in [-0.4, -0.2) is 9.55 Å². The van der Waals surface area contributed by atoms with E-state index in [1.165, 1.54) is 0 Å². The van der Waals surface area contributed by atoms with Crippen LogP contribution in [0.4, 0.5) is 0 Å². The fourth-order valence-electron chi connectivity index (χ4n) is 1.24. The number of hydrogen-bond donors (Lipinski definition) is 0. The molecular weight excluding hydrogens is 322 g/mol. The summed E-state index contributed by atoms with van der Waals surface area (Å²) < 4.78 is 3.30. The topological polar surface area (TPSA) is 41.6 Å². The molecule has 2 aromatic rings. The van der Waals surface area contributed by atoms with Crippen LogP contribution in [0.5, 0.6) is 0 Å². The van der Waals surface area contributed by atoms with Crippen LogP contribution in [0.2, 0.25) is 0 Å². The number of aromatic nitrogens is 2. The maximum atomic E-state index is 8.79. The highest BCUT2D eigenvalue weighted by atomic mass is 79.9. The van der Waals surface area contributed by atoms with Crippen molar-refractivity contribution in [1.29, 1.82) is 5.26 Å². The first kappa shape index (κ1) is 10.4. The van der Waals surface area contributed by atoms with Crippen LogP contribution in [0.15, 0.2) is 39.8 Å². The molecule has 0 aliphatic heterocycles. The van der Waals surface area contributed by atoms with Gasteiger partial charge in [-0.15, -0.1) is 0 Å². The maximum absolute atomic E-state index is 8.79. The zero-order valence-corrected chi connectivity index (χ0v) is 10.7. The molecule has 0 N–H and O–H groups in total. The van der Waals surface area contributed by atoms with Crippen LogP contribution in [0.1, 0.15) is 5.56 Å². The third kappa shape index (κ3) is 2.11. The summed E-state index contributed by atoms with van der Waals surface area (Å²) in [7, 11) is 0. The SMILES string of the molecule is N#Cc1cccc(-n2cc(Br)nc2Br)c1. The molecule has 0 saturated carbocycles. The van der Waals surface area contributed by atoms with Gasteiger partial charge in [0, 0.05) is 11.9 Å². The summed E-state index contributed by atoms with van der Waals surface area (Å²) in [5, 5.41) is 8.79. The smallest absolute Gasteiger partial charge is 0.182 e. The molecule has 1 aromatic heterocycles. The highest BCUT2D eigenvalue weighted by Gasteiger charge is 2.05. The monoisotopic (exact) mass is 325 g/mol. The lowest BCUT2D eigenvalue weighted by molar-refractivity contribution is 1.01. The van der Waals surface area contributed by atoms with E-state index in [9.17, 15) is 0 Å². The lowest BCUT2D eigenvalue weighted by Gasteiger charge is -2.03. The first-order valence-electron chi connectivity index (χ1n) is 4.11. The molecule has 74 valence electrons. The molecule has 1 aromatic carbocycles. The zero-order valence-electron chi connectivity index (χ0n) is 7.48. The highest BCUT2D eigenvalue weighted by Crippen LogP contribution is 2.20. The van der Waals surface area contributed by atoms with Crippen LogP contribution in [0.25, 0.3) is 5.69 Å². The second kappa shape index (κ2) is 4.17. The van der Waals surface area contributed by atoms with Gasteiger partial charge in [-0.1, -0.05) is 6.07 Å². The van der Waals surface area contributed by atoms with Gasteiger partial charge in [0.15, 0.2) is 4.73 Å². The van der Waals surface area contributed by atoms with Crippen molar-refractivity contribution in [1.82, 2.24) is 9.55 Å². The fourth-order valence-corrected chi connectivity index (χ4v) is 2.35. The Labute approximate surface area is 104 Å². The number of benzene rings is 1. The summed E-state index contributed by atoms with van der Waals surface area (Å²) in [5.74, 6) is 0. The Kier molecular flexibility index (Phi) is 2.89. The largest absolute Gasteiger partial charge is 0.293 e. The molecule has 15 heavy (non-hydrogen) atoms. The third-order valence-corrected chi connectivity index (χ3v) is 2.83. The number of imidazole rings is 1. The third-order valence-electron chi connectivity index (χ3n) is 1.89. The second-order valence-corrected chi connectivity index (χ2v) is 4.39. The van der Waals surface area contributed by atoms with E-state index in [-0.39, 0.29) is 0 Å². The van der Waals surface area contributed by atoms with Crippen molar-refractivity contribution in [3.8, 4) is 11.8 Å². The van der Waals surface area contributed by atoms with Gasteiger partial charge in [-0.3, -0.25) is 4.57 Å². The Morgan fingerprint density at radius 3 is 2.73 bits per heavy atom. The summed E-state index contributed by atoms with van der Waals surface area (Å²) in [6.07, 6.45) is 1.83. The summed E-state index contributed by atoms with van der Waals surface area (Å²) in [5.41, 5.74) is 1.53. The standard InChI is InChI=1S/C10H5Br2N3/c11-9-6-15(10(12)14-9)8-3-1-2-7(4-8)5-13/h1-4,6H. The van der Waals surface area contributed by atoms with Crippen LogP contribution < -0.4 is 0 Å². The van der Waals surface area contributed by atoms with E-state index in [2.05, 4.69) is 42.9 Å². The molecular formula is C10H5Br2N3. The Morgan fingerprint density at radius 1 is 1.33 bits per heavy atom. The first-order chi connectivity index (χ1) is 7.20. The number of hydrogen-bond acceptors (Lipinski definition) is 2. The minimum Gasteiger partial charge on any atom is -0.293 e. The number of halogens is 2. The number of nitriles is 1. The molecule has 0 spiro atoms. The van der Waals surface area contributed by atoms with E-state index in [1.54, 1.807) is 12.1 Å². The van der Waals surface area contributed by atoms with Gasteiger partial charge in [0.05, 0.1) is 11.6 Å². The predicted octanol–water partition coefficient (Wildman–Crippen LogP) is 3.27. The minimum absolute atomic E-state index is 0.629. The molecule has 0 aliphatic carbocycles. The van der Waals surface area contributed by atoms with Gasteiger partial charge in [0.1, 0.15) is 4.60 Å². The quantitative estimate of drug-likeness (QED) is 0.807. The zero-order chi connectivity index (χ0) is 10.8. The highest BCUT2D eigenvalue weighted by molar-refractivity contribution is 9.11. The molecule has 0 bridgehead atoms. The van der Waals surface area contributed by atoms with Gasteiger partial charge in [-0.05, 0) is 50.1 Å². The maximum Gasteiger partial charge on any atom is 0.182 e. The normalized spacial score (nSPS) is 9.93. The van der Waals surface area contributed by atoms with E-state index in [1.807, 2.05) is 22.9 Å². The van der Waals surface area contributed by atoms with Crippen LogP contribution in [-0.2, 0) is 0 Å². The molecule has 5 heteroatoms. The molecule has 1 heterocycles. The van der Waals surface area contributed by atoms with Crippen molar-refractivity contribution in [2.75, 3.05) is 0 Å². The van der Waals surface area contributed by atoms with Crippen LogP contribution in [0.3, 0.4) is 0 Å². The van der Waals surface area contributed by atoms with E-state index >= 15 is 0 Å². The molecule has 0 fully saturated rings. The second-order valence-electron chi connectivity index (χ2n) is 2.86. The molecule has 0 saturated heterocycles. The van der Waals surface area contributed by atoms with Crippen molar-refractivity contribution in [2.24, 2.45) is 0 Å². The summed E-state index contributed by atoms with van der Waals surface area (Å²) >= 11 is 6.63. The van der Waals surface area contributed by atoms with Crippen LogP contribution >= 0.6 is 31.9 Å². The fraction of sp³-hybridized carbons (Fsp3) is 0. The summed E-state index contributed by atoms with van der Waals surface area (Å²) in [6, 6.07) is 9.43. The Balaban J connectivity index is 2.55. The van der Waals surface area contributed by atoms with Crippen LogP contribution in [0, 0.1) is 11.3 Å². The Hall–Kier alpha value is -1.12. The molecule has 0 atom stereocenters. The minimum atomic E-state index is 0.629. The van der Waals surface area contributed by atoms with Crippen molar-refractivity contribution >= 4 is 31.9 Å². The summed E-state index contributed by atoms with van der Waals surface area (Å²) in [4.78, 5) is 4.16. The van der Waals surface area contributed by atoms with E-state index in [4.69, 9.17) is 5.26 Å². The van der Waals surface area contributed by atoms with Gasteiger partial charge < -0.3 is 0 Å². The van der Waals surface area contributed by atoms with Gasteiger partial charge in [-0.2, -0.15) is 5.26 Å².